The van der Waals surface area contributed by atoms with Gasteiger partial charge < -0.3 is 9.84 Å². The van der Waals surface area contributed by atoms with Gasteiger partial charge in [-0.15, -0.1) is 0 Å². The summed E-state index contributed by atoms with van der Waals surface area (Å²) in [6.07, 6.45) is 3.97. The second kappa shape index (κ2) is 5.98. The fourth-order valence-electron chi connectivity index (χ4n) is 3.20. The zero-order valence-electron chi connectivity index (χ0n) is 14.6. The third-order valence-electron chi connectivity index (χ3n) is 4.72. The fraction of sp³-hybridized carbons (Fsp3) is 0.444. The van der Waals surface area contributed by atoms with E-state index in [1.54, 1.807) is 6.20 Å². The van der Waals surface area contributed by atoms with Gasteiger partial charge in [0.15, 0.2) is 0 Å². The Hall–Kier alpha value is -2.70. The number of hydrogen-bond acceptors (Lipinski definition) is 5. The predicted molar refractivity (Wildman–Crippen MR) is 92.3 cm³/mol. The van der Waals surface area contributed by atoms with E-state index in [1.807, 2.05) is 37.6 Å². The van der Waals surface area contributed by atoms with Crippen molar-refractivity contribution in [2.75, 3.05) is 0 Å². The summed E-state index contributed by atoms with van der Waals surface area (Å²) in [4.78, 5) is 17.5. The Kier molecular flexibility index (Phi) is 3.78. The zero-order chi connectivity index (χ0) is 17.6. The molecule has 3 aromatic heterocycles. The third-order valence-corrected chi connectivity index (χ3v) is 4.72. The van der Waals surface area contributed by atoms with Crippen molar-refractivity contribution in [2.24, 2.45) is 0 Å². The Labute approximate surface area is 145 Å². The molecular weight excluding hydrogens is 318 g/mol. The molecule has 0 aliphatic heterocycles. The molecule has 1 saturated carbocycles. The molecule has 0 spiro atoms. The van der Waals surface area contributed by atoms with Gasteiger partial charge in [-0.25, -0.2) is 4.98 Å². The van der Waals surface area contributed by atoms with Gasteiger partial charge in [0.1, 0.15) is 0 Å². The lowest BCUT2D eigenvalue weighted by Crippen LogP contribution is -2.28. The van der Waals surface area contributed by atoms with Crippen LogP contribution in [0, 0.1) is 6.92 Å². The van der Waals surface area contributed by atoms with Crippen LogP contribution < -0.4 is 5.32 Å². The molecule has 1 amide bonds. The average molecular weight is 339 g/mol. The molecule has 1 fully saturated rings. The minimum atomic E-state index is -0.150. The molecule has 130 valence electrons. The van der Waals surface area contributed by atoms with Gasteiger partial charge in [-0.2, -0.15) is 5.10 Å². The van der Waals surface area contributed by atoms with Crippen LogP contribution in [0.1, 0.15) is 66.1 Å². The van der Waals surface area contributed by atoms with Crippen LogP contribution in [0.3, 0.4) is 0 Å². The number of nitrogens with zero attached hydrogens (tertiary/aromatic N) is 4. The Morgan fingerprint density at radius 3 is 3.00 bits per heavy atom. The summed E-state index contributed by atoms with van der Waals surface area (Å²) in [6, 6.07) is 3.67. The number of aromatic nitrogens is 4. The minimum Gasteiger partial charge on any atom is -0.344 e. The molecule has 25 heavy (non-hydrogen) atoms. The van der Waals surface area contributed by atoms with Crippen molar-refractivity contribution in [3.63, 3.8) is 0 Å². The fourth-order valence-corrected chi connectivity index (χ4v) is 3.20. The van der Waals surface area contributed by atoms with Crippen molar-refractivity contribution in [2.45, 2.75) is 52.1 Å². The molecule has 3 aromatic rings. The van der Waals surface area contributed by atoms with Crippen LogP contribution in [-0.4, -0.2) is 25.8 Å². The van der Waals surface area contributed by atoms with Gasteiger partial charge in [0, 0.05) is 24.4 Å². The van der Waals surface area contributed by atoms with Crippen LogP contribution in [0.2, 0.25) is 0 Å². The first kappa shape index (κ1) is 15.8. The first-order valence-electron chi connectivity index (χ1n) is 8.68. The van der Waals surface area contributed by atoms with Crippen molar-refractivity contribution < 1.29 is 9.32 Å². The Bertz CT molecular complexity index is 938. The normalized spacial score (nSPS) is 15.5. The average Bonchev–Trinajstić information content (AvgIpc) is 3.23. The molecule has 1 N–H and O–H groups in total. The van der Waals surface area contributed by atoms with E-state index in [4.69, 9.17) is 4.52 Å². The standard InChI is InChI=1S/C18H21N5O2/c1-4-23-15(7-8-19-23)10(2)20-17(24)13-9-14(12-5-6-12)21-18-16(13)11(3)22-25-18/h7-10,12H,4-6H2,1-3H3,(H,20,24). The lowest BCUT2D eigenvalue weighted by atomic mass is 10.1. The molecule has 0 radical (unpaired) electrons. The van der Waals surface area contributed by atoms with Gasteiger partial charge in [-0.1, -0.05) is 5.16 Å². The van der Waals surface area contributed by atoms with Gasteiger partial charge in [0.25, 0.3) is 11.6 Å². The maximum Gasteiger partial charge on any atom is 0.259 e. The molecule has 1 atom stereocenters. The Balaban J connectivity index is 1.68. The van der Waals surface area contributed by atoms with Gasteiger partial charge in [-0.05, 0) is 45.7 Å². The lowest BCUT2D eigenvalue weighted by molar-refractivity contribution is 0.0939. The molecule has 1 aliphatic rings. The largest absolute Gasteiger partial charge is 0.344 e. The van der Waals surface area contributed by atoms with Gasteiger partial charge in [0.2, 0.25) is 0 Å². The summed E-state index contributed by atoms with van der Waals surface area (Å²) in [5, 5.41) is 12.0. The molecule has 0 bridgehead atoms. The van der Waals surface area contributed by atoms with E-state index in [1.165, 1.54) is 0 Å². The number of hydrogen-bond donors (Lipinski definition) is 1. The number of rotatable bonds is 5. The second-order valence-electron chi connectivity index (χ2n) is 6.58. The number of carbonyl (C=O) groups excluding carboxylic acids is 1. The van der Waals surface area contributed by atoms with Crippen molar-refractivity contribution >= 4 is 17.0 Å². The molecule has 7 nitrogen and oxygen atoms in total. The monoisotopic (exact) mass is 339 g/mol. The molecule has 0 aromatic carbocycles. The highest BCUT2D eigenvalue weighted by molar-refractivity contribution is 6.06. The van der Waals surface area contributed by atoms with E-state index in [0.29, 0.717) is 28.3 Å². The van der Waals surface area contributed by atoms with Gasteiger partial charge in [-0.3, -0.25) is 9.48 Å². The summed E-state index contributed by atoms with van der Waals surface area (Å²) in [6.45, 7) is 6.58. The third kappa shape index (κ3) is 2.79. The van der Waals surface area contributed by atoms with Gasteiger partial charge >= 0.3 is 0 Å². The second-order valence-corrected chi connectivity index (χ2v) is 6.58. The lowest BCUT2D eigenvalue weighted by Gasteiger charge is -2.16. The summed E-state index contributed by atoms with van der Waals surface area (Å²) >= 11 is 0. The van der Waals surface area contributed by atoms with Crippen LogP contribution in [0.4, 0.5) is 0 Å². The van der Waals surface area contributed by atoms with Gasteiger partial charge in [0.05, 0.1) is 28.4 Å². The van der Waals surface area contributed by atoms with Crippen LogP contribution in [-0.2, 0) is 6.54 Å². The topological polar surface area (TPSA) is 85.8 Å². The van der Waals surface area contributed by atoms with Crippen molar-refractivity contribution in [3.8, 4) is 0 Å². The number of carbonyl (C=O) groups is 1. The summed E-state index contributed by atoms with van der Waals surface area (Å²) < 4.78 is 7.20. The van der Waals surface area contributed by atoms with Crippen LogP contribution in [0.15, 0.2) is 22.9 Å². The first-order chi connectivity index (χ1) is 12.1. The number of pyridine rings is 1. The molecular formula is C18H21N5O2. The summed E-state index contributed by atoms with van der Waals surface area (Å²) in [5.41, 5.74) is 3.60. The highest BCUT2D eigenvalue weighted by Gasteiger charge is 2.29. The number of nitrogens with one attached hydrogen (secondary N) is 1. The van der Waals surface area contributed by atoms with E-state index in [0.717, 1.165) is 30.8 Å². The smallest absolute Gasteiger partial charge is 0.259 e. The van der Waals surface area contributed by atoms with E-state index in [-0.39, 0.29) is 11.9 Å². The minimum absolute atomic E-state index is 0.142. The Morgan fingerprint density at radius 1 is 1.48 bits per heavy atom. The van der Waals surface area contributed by atoms with E-state index >= 15 is 0 Å². The SMILES string of the molecule is CCn1nccc1C(C)NC(=O)c1cc(C2CC2)nc2onc(C)c12. The Morgan fingerprint density at radius 2 is 2.28 bits per heavy atom. The highest BCUT2D eigenvalue weighted by Crippen LogP contribution is 2.40. The first-order valence-corrected chi connectivity index (χ1v) is 8.68. The predicted octanol–water partition coefficient (Wildman–Crippen LogP) is 3.12. The number of fused-ring (bicyclic) bond motifs is 1. The van der Waals surface area contributed by atoms with Crippen LogP contribution >= 0.6 is 0 Å². The molecule has 7 heteroatoms. The highest BCUT2D eigenvalue weighted by atomic mass is 16.5. The molecule has 1 aliphatic carbocycles. The van der Waals surface area contributed by atoms with Crippen molar-refractivity contribution in [3.05, 3.63) is 41.0 Å². The van der Waals surface area contributed by atoms with E-state index in [2.05, 4.69) is 20.6 Å². The number of amides is 1. The van der Waals surface area contributed by atoms with Crippen molar-refractivity contribution in [1.29, 1.82) is 0 Å². The summed E-state index contributed by atoms with van der Waals surface area (Å²) in [5.74, 6) is 0.289. The molecule has 4 rings (SSSR count). The maximum absolute atomic E-state index is 13.0. The molecule has 1 unspecified atom stereocenters. The van der Waals surface area contributed by atoms with Crippen molar-refractivity contribution in [1.82, 2.24) is 25.2 Å². The van der Waals surface area contributed by atoms with Crippen LogP contribution in [0.5, 0.6) is 0 Å². The quantitative estimate of drug-likeness (QED) is 0.772. The molecule has 3 heterocycles. The molecule has 0 saturated heterocycles. The number of aryl methyl sites for hydroxylation is 2. The van der Waals surface area contributed by atoms with E-state index in [9.17, 15) is 4.79 Å². The van der Waals surface area contributed by atoms with Crippen LogP contribution in [0.25, 0.3) is 11.1 Å². The van der Waals surface area contributed by atoms with E-state index < -0.39 is 0 Å². The maximum atomic E-state index is 13.0. The summed E-state index contributed by atoms with van der Waals surface area (Å²) in [7, 11) is 0. The zero-order valence-corrected chi connectivity index (χ0v) is 14.6.